The highest BCUT2D eigenvalue weighted by Crippen LogP contribution is 2.20. The maximum absolute atomic E-state index is 12.1. The maximum atomic E-state index is 12.1. The molecule has 4 nitrogen and oxygen atoms in total. The van der Waals surface area contributed by atoms with E-state index in [2.05, 4.69) is 18.9 Å². The predicted octanol–water partition coefficient (Wildman–Crippen LogP) is 2.90. The van der Waals surface area contributed by atoms with Crippen molar-refractivity contribution in [3.05, 3.63) is 16.9 Å². The summed E-state index contributed by atoms with van der Waals surface area (Å²) >= 11 is 7.66. The van der Waals surface area contributed by atoms with E-state index in [9.17, 15) is 4.79 Å². The van der Waals surface area contributed by atoms with Crippen LogP contribution in [0.4, 0.5) is 0 Å². The number of methoxy groups -OCH3 is 1. The van der Waals surface area contributed by atoms with Crippen molar-refractivity contribution < 1.29 is 9.53 Å². The lowest BCUT2D eigenvalue weighted by Gasteiger charge is -2.09. The molecule has 1 aromatic heterocycles. The molecule has 0 saturated carbocycles. The van der Waals surface area contributed by atoms with Crippen molar-refractivity contribution in [2.24, 2.45) is 0 Å². The number of carbonyl (C=O) groups is 1. The Hall–Kier alpha value is -0.520. The van der Waals surface area contributed by atoms with Crippen molar-refractivity contribution in [2.45, 2.75) is 32.1 Å². The monoisotopic (exact) mass is 290 g/mol. The number of ketones is 1. The molecular formula is C12H19ClN2O2S. The average molecular weight is 291 g/mol. The van der Waals surface area contributed by atoms with E-state index >= 15 is 0 Å². The number of aromatic nitrogens is 2. The summed E-state index contributed by atoms with van der Waals surface area (Å²) in [4.78, 5) is 12.1. The molecule has 1 aromatic rings. The first-order valence-electron chi connectivity index (χ1n) is 5.95. The van der Waals surface area contributed by atoms with Crippen molar-refractivity contribution in [3.8, 4) is 0 Å². The Bertz CT molecular complexity index is 395. The third kappa shape index (κ3) is 4.30. The third-order valence-corrected chi connectivity index (χ3v) is 4.25. The predicted molar refractivity (Wildman–Crippen MR) is 75.7 cm³/mol. The summed E-state index contributed by atoms with van der Waals surface area (Å²) < 4.78 is 6.60. The van der Waals surface area contributed by atoms with Gasteiger partial charge in [0.2, 0.25) is 0 Å². The number of Topliss-reactive ketones (excluding diaryl/α,β-unsaturated/α-hetero) is 1. The van der Waals surface area contributed by atoms with Crippen molar-refractivity contribution in [2.75, 3.05) is 19.5 Å². The Balaban J connectivity index is 2.68. The summed E-state index contributed by atoms with van der Waals surface area (Å²) in [6.45, 7) is 5.27. The highest BCUT2D eigenvalue weighted by molar-refractivity contribution is 8.00. The molecule has 1 unspecified atom stereocenters. The fourth-order valence-electron chi connectivity index (χ4n) is 1.39. The summed E-state index contributed by atoms with van der Waals surface area (Å²) in [6, 6.07) is 0. The lowest BCUT2D eigenvalue weighted by atomic mass is 10.3. The van der Waals surface area contributed by atoms with Crippen molar-refractivity contribution in [1.82, 2.24) is 9.78 Å². The minimum absolute atomic E-state index is 0.0268. The van der Waals surface area contributed by atoms with Crippen LogP contribution in [0.5, 0.6) is 0 Å². The van der Waals surface area contributed by atoms with Crippen LogP contribution in [0.2, 0.25) is 5.02 Å². The second-order valence-corrected chi connectivity index (χ2v) is 5.84. The van der Waals surface area contributed by atoms with Crippen molar-refractivity contribution in [3.63, 3.8) is 0 Å². The molecule has 1 heterocycles. The van der Waals surface area contributed by atoms with Crippen LogP contribution in [0.3, 0.4) is 0 Å². The van der Waals surface area contributed by atoms with Crippen LogP contribution < -0.4 is 0 Å². The number of halogens is 1. The highest BCUT2D eigenvalue weighted by atomic mass is 35.5. The molecule has 0 bridgehead atoms. The van der Waals surface area contributed by atoms with Crippen LogP contribution in [0, 0.1) is 0 Å². The normalized spacial score (nSPS) is 12.7. The Labute approximate surface area is 117 Å². The highest BCUT2D eigenvalue weighted by Gasteiger charge is 2.18. The van der Waals surface area contributed by atoms with Gasteiger partial charge in [0.25, 0.3) is 0 Å². The molecule has 6 heteroatoms. The van der Waals surface area contributed by atoms with Gasteiger partial charge in [0.1, 0.15) is 5.69 Å². The van der Waals surface area contributed by atoms with Crippen molar-refractivity contribution >= 4 is 29.1 Å². The minimum Gasteiger partial charge on any atom is -0.383 e. The molecule has 0 aliphatic rings. The SMILES string of the molecule is CCC(C)SCC(=O)c1c(Cl)cnn1CCOC. The lowest BCUT2D eigenvalue weighted by Crippen LogP contribution is -2.16. The molecule has 0 fully saturated rings. The van der Waals surface area contributed by atoms with Gasteiger partial charge in [-0.05, 0) is 6.42 Å². The third-order valence-electron chi connectivity index (χ3n) is 2.64. The molecule has 18 heavy (non-hydrogen) atoms. The first kappa shape index (κ1) is 15.5. The smallest absolute Gasteiger partial charge is 0.192 e. The molecule has 0 spiro atoms. The fraction of sp³-hybridized carbons (Fsp3) is 0.667. The van der Waals surface area contributed by atoms with Crippen LogP contribution in [0.15, 0.2) is 6.20 Å². The summed E-state index contributed by atoms with van der Waals surface area (Å²) in [5.41, 5.74) is 0.490. The zero-order chi connectivity index (χ0) is 13.5. The molecule has 0 N–H and O–H groups in total. The second kappa shape index (κ2) is 7.81. The van der Waals surface area contributed by atoms with E-state index in [4.69, 9.17) is 16.3 Å². The first-order chi connectivity index (χ1) is 8.60. The molecule has 1 rings (SSSR count). The number of hydrogen-bond acceptors (Lipinski definition) is 4. The topological polar surface area (TPSA) is 44.1 Å². The zero-order valence-electron chi connectivity index (χ0n) is 11.0. The van der Waals surface area contributed by atoms with Gasteiger partial charge in [-0.25, -0.2) is 0 Å². The van der Waals surface area contributed by atoms with Crippen LogP contribution in [-0.2, 0) is 11.3 Å². The fourth-order valence-corrected chi connectivity index (χ4v) is 2.45. The molecule has 0 aliphatic heterocycles. The van der Waals surface area contributed by atoms with E-state index in [1.54, 1.807) is 23.6 Å². The van der Waals surface area contributed by atoms with E-state index in [1.807, 2.05) is 0 Å². The van der Waals surface area contributed by atoms with Crippen molar-refractivity contribution in [1.29, 1.82) is 0 Å². The molecule has 0 aliphatic carbocycles. The maximum Gasteiger partial charge on any atom is 0.192 e. The Kier molecular flexibility index (Phi) is 6.75. The van der Waals surface area contributed by atoms with Gasteiger partial charge < -0.3 is 4.74 Å². The first-order valence-corrected chi connectivity index (χ1v) is 7.37. The summed E-state index contributed by atoms with van der Waals surface area (Å²) in [5, 5.41) is 4.99. The largest absolute Gasteiger partial charge is 0.383 e. The number of thioether (sulfide) groups is 1. The standard InChI is InChI=1S/C12H19ClN2O2S/c1-4-9(2)18-8-11(16)12-10(13)7-14-15(12)5-6-17-3/h7,9H,4-6,8H2,1-3H3. The van der Waals surface area contributed by atoms with Gasteiger partial charge in [-0.15, -0.1) is 0 Å². The number of ether oxygens (including phenoxy) is 1. The molecule has 102 valence electrons. The number of hydrogen-bond donors (Lipinski definition) is 0. The van der Waals surface area contributed by atoms with Gasteiger partial charge in [0, 0.05) is 12.4 Å². The van der Waals surface area contributed by atoms with Gasteiger partial charge in [0.05, 0.1) is 30.1 Å². The van der Waals surface area contributed by atoms with E-state index in [0.717, 1.165) is 6.42 Å². The molecule has 0 aromatic carbocycles. The van der Waals surface area contributed by atoms with Crippen LogP contribution >= 0.6 is 23.4 Å². The second-order valence-electron chi connectivity index (χ2n) is 4.01. The molecule has 0 amide bonds. The number of rotatable bonds is 8. The van der Waals surface area contributed by atoms with E-state index in [-0.39, 0.29) is 5.78 Å². The Morgan fingerprint density at radius 2 is 2.39 bits per heavy atom. The quantitative estimate of drug-likeness (QED) is 0.691. The average Bonchev–Trinajstić information content (AvgIpc) is 2.74. The van der Waals surface area contributed by atoms with Gasteiger partial charge in [-0.1, -0.05) is 25.4 Å². The van der Waals surface area contributed by atoms with Gasteiger partial charge in [0.15, 0.2) is 5.78 Å². The molecule has 0 saturated heterocycles. The Morgan fingerprint density at radius 1 is 1.67 bits per heavy atom. The van der Waals surface area contributed by atoms with Gasteiger partial charge in [-0.2, -0.15) is 16.9 Å². The number of nitrogens with zero attached hydrogens (tertiary/aromatic N) is 2. The van der Waals surface area contributed by atoms with Gasteiger partial charge in [-0.3, -0.25) is 9.48 Å². The summed E-state index contributed by atoms with van der Waals surface area (Å²) in [5.74, 6) is 0.465. The number of carbonyl (C=O) groups excluding carboxylic acids is 1. The molecule has 0 radical (unpaired) electrons. The summed E-state index contributed by atoms with van der Waals surface area (Å²) in [7, 11) is 1.62. The Morgan fingerprint density at radius 3 is 3.00 bits per heavy atom. The molecule has 1 atom stereocenters. The van der Waals surface area contributed by atoms with Crippen LogP contribution in [-0.4, -0.2) is 40.3 Å². The van der Waals surface area contributed by atoms with E-state index in [1.165, 1.54) is 6.20 Å². The minimum atomic E-state index is 0.0268. The van der Waals surface area contributed by atoms with E-state index in [0.29, 0.717) is 34.9 Å². The van der Waals surface area contributed by atoms with Crippen LogP contribution in [0.1, 0.15) is 30.8 Å². The van der Waals surface area contributed by atoms with Gasteiger partial charge >= 0.3 is 0 Å². The van der Waals surface area contributed by atoms with Crippen LogP contribution in [0.25, 0.3) is 0 Å². The summed E-state index contributed by atoms with van der Waals surface area (Å²) in [6.07, 6.45) is 2.56. The zero-order valence-corrected chi connectivity index (χ0v) is 12.6. The lowest BCUT2D eigenvalue weighted by molar-refractivity contribution is 0.100. The molecular weight excluding hydrogens is 272 g/mol. The van der Waals surface area contributed by atoms with E-state index < -0.39 is 0 Å².